The smallest absolute Gasteiger partial charge is 0.416 e. The highest BCUT2D eigenvalue weighted by Crippen LogP contribution is 2.29. The van der Waals surface area contributed by atoms with Gasteiger partial charge in [-0.15, -0.1) is 0 Å². The van der Waals surface area contributed by atoms with Crippen LogP contribution < -0.4 is 10.6 Å². The fraction of sp³-hybridized carbons (Fsp3) is 0.350. The molecule has 0 aromatic heterocycles. The van der Waals surface area contributed by atoms with E-state index in [1.54, 1.807) is 0 Å². The molecular formula is C20H23F3N2O2. The first-order valence-corrected chi connectivity index (χ1v) is 8.65. The molecule has 2 aromatic rings. The number of anilines is 2. The minimum atomic E-state index is -4.33. The molecule has 0 bridgehead atoms. The zero-order chi connectivity index (χ0) is 20.0. The number of carbonyl (C=O) groups is 1. The van der Waals surface area contributed by atoms with Crippen LogP contribution in [0.5, 0.6) is 0 Å². The summed E-state index contributed by atoms with van der Waals surface area (Å²) in [6, 6.07) is 8.79. The molecule has 0 fully saturated rings. The molecule has 7 heteroatoms. The first-order valence-electron chi connectivity index (χ1n) is 8.65. The van der Waals surface area contributed by atoms with E-state index in [1.807, 2.05) is 32.9 Å². The fourth-order valence-corrected chi connectivity index (χ4v) is 2.61. The van der Waals surface area contributed by atoms with E-state index in [0.29, 0.717) is 18.8 Å². The zero-order valence-electron chi connectivity index (χ0n) is 15.5. The molecule has 0 aliphatic carbocycles. The molecule has 27 heavy (non-hydrogen) atoms. The Morgan fingerprint density at radius 1 is 1.07 bits per heavy atom. The average molecular weight is 380 g/mol. The first kappa shape index (κ1) is 20.6. The Kier molecular flexibility index (Phi) is 6.71. The van der Waals surface area contributed by atoms with Crippen molar-refractivity contribution in [3.63, 3.8) is 0 Å². The number of amides is 1. The molecule has 0 aliphatic heterocycles. The second-order valence-corrected chi connectivity index (χ2v) is 6.29. The van der Waals surface area contributed by atoms with Gasteiger partial charge in [-0.25, -0.2) is 4.79 Å². The van der Waals surface area contributed by atoms with E-state index in [4.69, 9.17) is 4.74 Å². The van der Waals surface area contributed by atoms with Crippen LogP contribution in [0, 0.1) is 13.8 Å². The number of benzene rings is 2. The number of alkyl halides is 3. The van der Waals surface area contributed by atoms with E-state index >= 15 is 0 Å². The summed E-state index contributed by atoms with van der Waals surface area (Å²) in [4.78, 5) is 11.7. The van der Waals surface area contributed by atoms with Gasteiger partial charge in [0.25, 0.3) is 0 Å². The van der Waals surface area contributed by atoms with Crippen LogP contribution in [0.15, 0.2) is 36.4 Å². The van der Waals surface area contributed by atoms with Crippen molar-refractivity contribution in [1.82, 2.24) is 0 Å². The highest BCUT2D eigenvalue weighted by atomic mass is 19.4. The third-order valence-corrected chi connectivity index (χ3v) is 3.97. The maximum Gasteiger partial charge on any atom is 0.416 e. The van der Waals surface area contributed by atoms with Crippen LogP contribution in [0.1, 0.15) is 35.6 Å². The topological polar surface area (TPSA) is 50.4 Å². The SMILES string of the molecule is CCCOC(=O)Nc1c(C)cc(NCc2ccc(C(F)(F)F)cc2)cc1C. The summed E-state index contributed by atoms with van der Waals surface area (Å²) in [7, 11) is 0. The van der Waals surface area contributed by atoms with Crippen molar-refractivity contribution in [3.8, 4) is 0 Å². The molecule has 0 heterocycles. The van der Waals surface area contributed by atoms with E-state index in [0.717, 1.165) is 40.9 Å². The third kappa shape index (κ3) is 5.91. The van der Waals surface area contributed by atoms with Gasteiger partial charge in [-0.3, -0.25) is 5.32 Å². The summed E-state index contributed by atoms with van der Waals surface area (Å²) < 4.78 is 42.8. The Hall–Kier alpha value is -2.70. The Morgan fingerprint density at radius 2 is 1.67 bits per heavy atom. The number of ether oxygens (including phenoxy) is 1. The molecule has 1 amide bonds. The lowest BCUT2D eigenvalue weighted by Gasteiger charge is -2.15. The van der Waals surface area contributed by atoms with Gasteiger partial charge in [0.2, 0.25) is 0 Å². The van der Waals surface area contributed by atoms with Crippen molar-refractivity contribution in [2.24, 2.45) is 0 Å². The minimum absolute atomic E-state index is 0.358. The monoisotopic (exact) mass is 380 g/mol. The molecule has 146 valence electrons. The summed E-state index contributed by atoms with van der Waals surface area (Å²) in [6.07, 6.45) is -4.08. The van der Waals surface area contributed by atoms with Crippen molar-refractivity contribution in [3.05, 3.63) is 58.7 Å². The highest BCUT2D eigenvalue weighted by molar-refractivity contribution is 5.87. The predicted octanol–water partition coefficient (Wildman–Crippen LogP) is 5.89. The fourth-order valence-electron chi connectivity index (χ4n) is 2.61. The molecular weight excluding hydrogens is 357 g/mol. The van der Waals surface area contributed by atoms with E-state index < -0.39 is 17.8 Å². The lowest BCUT2D eigenvalue weighted by molar-refractivity contribution is -0.137. The van der Waals surface area contributed by atoms with Gasteiger partial charge in [0, 0.05) is 17.9 Å². The molecule has 0 saturated carbocycles. The van der Waals surface area contributed by atoms with Crippen LogP contribution in [0.2, 0.25) is 0 Å². The zero-order valence-corrected chi connectivity index (χ0v) is 15.5. The van der Waals surface area contributed by atoms with Crippen molar-refractivity contribution >= 4 is 17.5 Å². The van der Waals surface area contributed by atoms with Gasteiger partial charge in [0.05, 0.1) is 12.2 Å². The van der Waals surface area contributed by atoms with Crippen LogP contribution in [-0.4, -0.2) is 12.7 Å². The number of halogens is 3. The molecule has 0 radical (unpaired) electrons. The van der Waals surface area contributed by atoms with Crippen LogP contribution in [-0.2, 0) is 17.5 Å². The summed E-state index contributed by atoms with van der Waals surface area (Å²) >= 11 is 0. The Balaban J connectivity index is 2.02. The van der Waals surface area contributed by atoms with Crippen molar-refractivity contribution in [1.29, 1.82) is 0 Å². The maximum atomic E-state index is 12.6. The summed E-state index contributed by atoms with van der Waals surface area (Å²) in [6.45, 7) is 6.40. The van der Waals surface area contributed by atoms with Gasteiger partial charge in [-0.1, -0.05) is 19.1 Å². The molecule has 0 aliphatic rings. The molecule has 0 spiro atoms. The second kappa shape index (κ2) is 8.79. The van der Waals surface area contributed by atoms with Crippen molar-refractivity contribution in [2.45, 2.75) is 39.9 Å². The van der Waals surface area contributed by atoms with E-state index in [9.17, 15) is 18.0 Å². The lowest BCUT2D eigenvalue weighted by Crippen LogP contribution is -2.16. The standard InChI is InChI=1S/C20H23F3N2O2/c1-4-9-27-19(26)25-18-13(2)10-17(11-14(18)3)24-12-15-5-7-16(8-6-15)20(21,22)23/h5-8,10-11,24H,4,9,12H2,1-3H3,(H,25,26). The lowest BCUT2D eigenvalue weighted by atomic mass is 10.1. The molecule has 2 N–H and O–H groups in total. The summed E-state index contributed by atoms with van der Waals surface area (Å²) in [5.41, 5.74) is 3.30. The molecule has 0 unspecified atom stereocenters. The van der Waals surface area contributed by atoms with E-state index in [-0.39, 0.29) is 0 Å². The third-order valence-electron chi connectivity index (χ3n) is 3.97. The minimum Gasteiger partial charge on any atom is -0.449 e. The number of rotatable bonds is 6. The van der Waals surface area contributed by atoms with Gasteiger partial charge >= 0.3 is 12.3 Å². The normalized spacial score (nSPS) is 11.2. The summed E-state index contributed by atoms with van der Waals surface area (Å²) in [5, 5.41) is 5.93. The quantitative estimate of drug-likeness (QED) is 0.657. The largest absolute Gasteiger partial charge is 0.449 e. The maximum absolute atomic E-state index is 12.6. The molecule has 2 aromatic carbocycles. The summed E-state index contributed by atoms with van der Waals surface area (Å²) in [5.74, 6) is 0. The van der Waals surface area contributed by atoms with Gasteiger partial charge in [-0.05, 0) is 61.2 Å². The highest BCUT2D eigenvalue weighted by Gasteiger charge is 2.29. The van der Waals surface area contributed by atoms with Crippen LogP contribution in [0.4, 0.5) is 29.3 Å². The number of aryl methyl sites for hydroxylation is 2. The molecule has 0 atom stereocenters. The first-order chi connectivity index (χ1) is 12.7. The van der Waals surface area contributed by atoms with Crippen molar-refractivity contribution in [2.75, 3.05) is 17.2 Å². The predicted molar refractivity (Wildman–Crippen MR) is 99.9 cm³/mol. The Labute approximate surface area is 156 Å². The molecule has 0 saturated heterocycles. The number of hydrogen-bond acceptors (Lipinski definition) is 3. The van der Waals surface area contributed by atoms with Gasteiger partial charge in [-0.2, -0.15) is 13.2 Å². The van der Waals surface area contributed by atoms with Crippen LogP contribution in [0.25, 0.3) is 0 Å². The Morgan fingerprint density at radius 3 is 2.19 bits per heavy atom. The molecule has 4 nitrogen and oxygen atoms in total. The van der Waals surface area contributed by atoms with Crippen molar-refractivity contribution < 1.29 is 22.7 Å². The second-order valence-electron chi connectivity index (χ2n) is 6.29. The number of nitrogens with one attached hydrogen (secondary N) is 2. The Bertz CT molecular complexity index is 764. The van der Waals surface area contributed by atoms with Crippen LogP contribution >= 0.6 is 0 Å². The van der Waals surface area contributed by atoms with Crippen LogP contribution in [0.3, 0.4) is 0 Å². The van der Waals surface area contributed by atoms with E-state index in [2.05, 4.69) is 10.6 Å². The van der Waals surface area contributed by atoms with E-state index in [1.165, 1.54) is 12.1 Å². The van der Waals surface area contributed by atoms with Gasteiger partial charge < -0.3 is 10.1 Å². The van der Waals surface area contributed by atoms with Gasteiger partial charge in [0.15, 0.2) is 0 Å². The van der Waals surface area contributed by atoms with Gasteiger partial charge in [0.1, 0.15) is 0 Å². The molecule has 2 rings (SSSR count). The number of carbonyl (C=O) groups excluding carboxylic acids is 1. The average Bonchev–Trinajstić information content (AvgIpc) is 2.61. The number of hydrogen-bond donors (Lipinski definition) is 2.